The normalized spacial score (nSPS) is 10.5. The molecule has 2 rings (SSSR count). The maximum absolute atomic E-state index is 5.91. The molecular weight excluding hydrogens is 263 g/mol. The van der Waals surface area contributed by atoms with E-state index in [-0.39, 0.29) is 0 Å². The van der Waals surface area contributed by atoms with Gasteiger partial charge in [-0.05, 0) is 28.1 Å². The van der Waals surface area contributed by atoms with Crippen LogP contribution in [-0.2, 0) is 7.05 Å². The van der Waals surface area contributed by atoms with E-state index in [2.05, 4.69) is 20.9 Å². The maximum Gasteiger partial charge on any atom is 0.140 e. The van der Waals surface area contributed by atoms with Crippen LogP contribution in [0.25, 0.3) is 11.4 Å². The monoisotopic (exact) mass is 270 g/mol. The lowest BCUT2D eigenvalue weighted by molar-refractivity contribution is 0.902. The van der Waals surface area contributed by atoms with E-state index in [9.17, 15) is 0 Å². The number of imidazole rings is 1. The molecule has 0 N–H and O–H groups in total. The zero-order valence-electron chi connectivity index (χ0n) is 7.54. The Hall–Kier alpha value is -0.800. The molecule has 0 aliphatic rings. The smallest absolute Gasteiger partial charge is 0.140 e. The third-order valence-corrected chi connectivity index (χ3v) is 2.99. The SMILES string of the molecule is Cn1c(Br)cnc1-c1cccc(Cl)c1. The van der Waals surface area contributed by atoms with Crippen molar-refractivity contribution in [3.63, 3.8) is 0 Å². The zero-order chi connectivity index (χ0) is 10.1. The van der Waals surface area contributed by atoms with Crippen molar-refractivity contribution in [2.45, 2.75) is 0 Å². The van der Waals surface area contributed by atoms with E-state index in [1.54, 1.807) is 6.20 Å². The van der Waals surface area contributed by atoms with Gasteiger partial charge in [0.15, 0.2) is 0 Å². The summed E-state index contributed by atoms with van der Waals surface area (Å²) >= 11 is 9.30. The Morgan fingerprint density at radius 2 is 2.21 bits per heavy atom. The van der Waals surface area contributed by atoms with Crippen LogP contribution in [0.5, 0.6) is 0 Å². The lowest BCUT2D eigenvalue weighted by Crippen LogP contribution is -1.92. The molecule has 0 saturated carbocycles. The quantitative estimate of drug-likeness (QED) is 0.776. The number of hydrogen-bond acceptors (Lipinski definition) is 1. The van der Waals surface area contributed by atoms with Gasteiger partial charge in [0.25, 0.3) is 0 Å². The summed E-state index contributed by atoms with van der Waals surface area (Å²) in [7, 11) is 1.95. The van der Waals surface area contributed by atoms with Crippen LogP contribution in [0.3, 0.4) is 0 Å². The minimum absolute atomic E-state index is 0.724. The third kappa shape index (κ3) is 1.70. The fourth-order valence-corrected chi connectivity index (χ4v) is 1.75. The predicted octanol–water partition coefficient (Wildman–Crippen LogP) is 3.50. The lowest BCUT2D eigenvalue weighted by atomic mass is 10.2. The number of rotatable bonds is 1. The molecule has 0 saturated heterocycles. The van der Waals surface area contributed by atoms with Gasteiger partial charge >= 0.3 is 0 Å². The Bertz CT molecular complexity index is 465. The molecule has 2 nitrogen and oxygen atoms in total. The Kier molecular flexibility index (Phi) is 2.61. The van der Waals surface area contributed by atoms with Gasteiger partial charge in [0.1, 0.15) is 10.4 Å². The second-order valence-electron chi connectivity index (χ2n) is 2.97. The zero-order valence-corrected chi connectivity index (χ0v) is 9.88. The predicted molar refractivity (Wildman–Crippen MR) is 61.4 cm³/mol. The summed E-state index contributed by atoms with van der Waals surface area (Å²) in [6.07, 6.45) is 1.77. The number of hydrogen-bond donors (Lipinski definition) is 0. The molecule has 0 fully saturated rings. The maximum atomic E-state index is 5.91. The molecule has 0 unspecified atom stereocenters. The van der Waals surface area contributed by atoms with Crippen molar-refractivity contribution >= 4 is 27.5 Å². The van der Waals surface area contributed by atoms with Crippen molar-refractivity contribution < 1.29 is 0 Å². The van der Waals surface area contributed by atoms with Crippen molar-refractivity contribution in [3.05, 3.63) is 40.1 Å². The Balaban J connectivity index is 2.55. The lowest BCUT2D eigenvalue weighted by Gasteiger charge is -2.02. The molecule has 2 aromatic rings. The van der Waals surface area contributed by atoms with Crippen LogP contribution in [-0.4, -0.2) is 9.55 Å². The van der Waals surface area contributed by atoms with Gasteiger partial charge < -0.3 is 4.57 Å². The Labute approximate surface area is 95.7 Å². The van der Waals surface area contributed by atoms with E-state index < -0.39 is 0 Å². The number of aromatic nitrogens is 2. The van der Waals surface area contributed by atoms with Gasteiger partial charge in [0.05, 0.1) is 6.20 Å². The first kappa shape index (κ1) is 9.74. The summed E-state index contributed by atoms with van der Waals surface area (Å²) in [6.45, 7) is 0. The average Bonchev–Trinajstić information content (AvgIpc) is 2.48. The van der Waals surface area contributed by atoms with E-state index in [4.69, 9.17) is 11.6 Å². The number of nitrogens with zero attached hydrogens (tertiary/aromatic N) is 2. The van der Waals surface area contributed by atoms with Crippen LogP contribution < -0.4 is 0 Å². The summed E-state index contributed by atoms with van der Waals surface area (Å²) in [4.78, 5) is 4.28. The van der Waals surface area contributed by atoms with Gasteiger partial charge in [-0.25, -0.2) is 4.98 Å². The summed E-state index contributed by atoms with van der Waals surface area (Å²) in [6, 6.07) is 7.65. The molecule has 1 heterocycles. The number of halogens is 2. The van der Waals surface area contributed by atoms with E-state index >= 15 is 0 Å². The van der Waals surface area contributed by atoms with Crippen molar-refractivity contribution in [3.8, 4) is 11.4 Å². The molecule has 0 spiro atoms. The highest BCUT2D eigenvalue weighted by Gasteiger charge is 2.06. The molecule has 0 radical (unpaired) electrons. The van der Waals surface area contributed by atoms with Crippen LogP contribution in [0.15, 0.2) is 35.1 Å². The molecule has 14 heavy (non-hydrogen) atoms. The molecule has 0 bridgehead atoms. The van der Waals surface area contributed by atoms with Crippen molar-refractivity contribution in [1.82, 2.24) is 9.55 Å². The van der Waals surface area contributed by atoms with Gasteiger partial charge in [-0.2, -0.15) is 0 Å². The first-order valence-corrected chi connectivity index (χ1v) is 5.29. The van der Waals surface area contributed by atoms with Crippen LogP contribution in [0.1, 0.15) is 0 Å². The molecule has 4 heteroatoms. The second kappa shape index (κ2) is 3.75. The molecule has 0 atom stereocenters. The number of benzene rings is 1. The molecular formula is C10H8BrClN2. The van der Waals surface area contributed by atoms with Crippen LogP contribution >= 0.6 is 27.5 Å². The molecule has 72 valence electrons. The van der Waals surface area contributed by atoms with E-state index in [0.717, 1.165) is 21.0 Å². The van der Waals surface area contributed by atoms with Crippen LogP contribution in [0.4, 0.5) is 0 Å². The van der Waals surface area contributed by atoms with Crippen LogP contribution in [0, 0.1) is 0 Å². The fraction of sp³-hybridized carbons (Fsp3) is 0.100. The topological polar surface area (TPSA) is 17.8 Å². The minimum Gasteiger partial charge on any atom is -0.322 e. The van der Waals surface area contributed by atoms with Crippen molar-refractivity contribution in [1.29, 1.82) is 0 Å². The fourth-order valence-electron chi connectivity index (χ4n) is 1.28. The standard InChI is InChI=1S/C10H8BrClN2/c1-14-9(11)6-13-10(14)7-3-2-4-8(12)5-7/h2-6H,1H3. The molecule has 1 aromatic carbocycles. The summed E-state index contributed by atoms with van der Waals surface area (Å²) < 4.78 is 2.92. The summed E-state index contributed by atoms with van der Waals surface area (Å²) in [5, 5.41) is 0.724. The molecule has 1 aromatic heterocycles. The molecule has 0 amide bonds. The molecule has 0 aliphatic carbocycles. The first-order valence-electron chi connectivity index (χ1n) is 4.11. The van der Waals surface area contributed by atoms with Gasteiger partial charge in [-0.3, -0.25) is 0 Å². The first-order chi connectivity index (χ1) is 6.68. The summed E-state index contributed by atoms with van der Waals surface area (Å²) in [5.41, 5.74) is 1.02. The third-order valence-electron chi connectivity index (χ3n) is 2.01. The minimum atomic E-state index is 0.724. The van der Waals surface area contributed by atoms with Gasteiger partial charge in [0, 0.05) is 17.6 Å². The van der Waals surface area contributed by atoms with E-state index in [0.29, 0.717) is 0 Å². The highest BCUT2D eigenvalue weighted by molar-refractivity contribution is 9.10. The van der Waals surface area contributed by atoms with Crippen LogP contribution in [0.2, 0.25) is 5.02 Å². The van der Waals surface area contributed by atoms with Gasteiger partial charge in [-0.15, -0.1) is 0 Å². The van der Waals surface area contributed by atoms with E-state index in [1.807, 2.05) is 35.9 Å². The molecule has 0 aliphatic heterocycles. The highest BCUT2D eigenvalue weighted by Crippen LogP contribution is 2.23. The van der Waals surface area contributed by atoms with Gasteiger partial charge in [0.2, 0.25) is 0 Å². The van der Waals surface area contributed by atoms with Gasteiger partial charge in [-0.1, -0.05) is 23.7 Å². The Morgan fingerprint density at radius 1 is 1.43 bits per heavy atom. The average molecular weight is 272 g/mol. The Morgan fingerprint density at radius 3 is 2.79 bits per heavy atom. The van der Waals surface area contributed by atoms with Crippen molar-refractivity contribution in [2.75, 3.05) is 0 Å². The second-order valence-corrected chi connectivity index (χ2v) is 4.22. The van der Waals surface area contributed by atoms with Crippen molar-refractivity contribution in [2.24, 2.45) is 7.05 Å². The highest BCUT2D eigenvalue weighted by atomic mass is 79.9. The summed E-state index contributed by atoms with van der Waals surface area (Å²) in [5.74, 6) is 0.902. The largest absolute Gasteiger partial charge is 0.322 e. The van der Waals surface area contributed by atoms with E-state index in [1.165, 1.54) is 0 Å².